The Morgan fingerprint density at radius 3 is 2.50 bits per heavy atom. The lowest BCUT2D eigenvalue weighted by molar-refractivity contribution is -0.116. The Hall–Kier alpha value is -1.29. The van der Waals surface area contributed by atoms with Crippen LogP contribution < -0.4 is 9.47 Å². The van der Waals surface area contributed by atoms with Crippen molar-refractivity contribution in [3.05, 3.63) is 22.5 Å². The minimum atomic E-state index is -0.644. The molecule has 0 unspecified atom stereocenters. The molecule has 0 aromatic heterocycles. The van der Waals surface area contributed by atoms with Crippen molar-refractivity contribution in [3.8, 4) is 11.5 Å². The summed E-state index contributed by atoms with van der Waals surface area (Å²) in [6.45, 7) is 1.38. The summed E-state index contributed by atoms with van der Waals surface area (Å²) in [6.07, 6.45) is -0.0219. The molecule has 0 saturated carbocycles. The third-order valence-corrected chi connectivity index (χ3v) is 2.40. The lowest BCUT2D eigenvalue weighted by Crippen LogP contribution is -2.03. The average Bonchev–Trinajstić information content (AvgIpc) is 2.24. The van der Waals surface area contributed by atoms with Gasteiger partial charge in [-0.05, 0) is 13.0 Å². The van der Waals surface area contributed by atoms with Gasteiger partial charge in [-0.1, -0.05) is 11.6 Å². The fourth-order valence-corrected chi connectivity index (χ4v) is 1.67. The molecule has 16 heavy (non-hydrogen) atoms. The van der Waals surface area contributed by atoms with E-state index in [2.05, 4.69) is 0 Å². The van der Waals surface area contributed by atoms with Gasteiger partial charge in [0, 0.05) is 12.0 Å². The van der Waals surface area contributed by atoms with Gasteiger partial charge in [-0.2, -0.15) is 0 Å². The number of ether oxygens (including phenoxy) is 2. The molecule has 1 aromatic carbocycles. The van der Waals surface area contributed by atoms with E-state index in [0.717, 1.165) is 0 Å². The first-order valence-electron chi connectivity index (χ1n) is 4.59. The van der Waals surface area contributed by atoms with Crippen LogP contribution in [0.25, 0.3) is 0 Å². The summed E-state index contributed by atoms with van der Waals surface area (Å²) in [5.41, 5.74) is 0.204. The molecule has 0 aliphatic heterocycles. The fourth-order valence-electron chi connectivity index (χ4n) is 1.37. The number of methoxy groups -OCH3 is 2. The average molecular weight is 247 g/mol. The Kier molecular flexibility index (Phi) is 4.12. The van der Waals surface area contributed by atoms with Gasteiger partial charge in [-0.15, -0.1) is 0 Å². The predicted molar refractivity (Wildman–Crippen MR) is 58.9 cm³/mol. The fraction of sp³-hybridized carbons (Fsp3) is 0.364. The zero-order chi connectivity index (χ0) is 12.3. The number of ketones is 1. The number of halogens is 2. The van der Waals surface area contributed by atoms with Gasteiger partial charge in [0.25, 0.3) is 0 Å². The van der Waals surface area contributed by atoms with Gasteiger partial charge in [-0.3, -0.25) is 4.79 Å². The van der Waals surface area contributed by atoms with E-state index in [9.17, 15) is 9.18 Å². The molecule has 0 aliphatic carbocycles. The highest BCUT2D eigenvalue weighted by Gasteiger charge is 2.18. The lowest BCUT2D eigenvalue weighted by Gasteiger charge is -2.12. The van der Waals surface area contributed by atoms with Crippen LogP contribution in [0.4, 0.5) is 4.39 Å². The Morgan fingerprint density at radius 2 is 2.06 bits per heavy atom. The van der Waals surface area contributed by atoms with Crippen molar-refractivity contribution in [2.75, 3.05) is 14.2 Å². The Bertz CT molecular complexity index is 418. The summed E-state index contributed by atoms with van der Waals surface area (Å²) >= 11 is 5.77. The summed E-state index contributed by atoms with van der Waals surface area (Å²) in [5, 5.41) is -0.168. The van der Waals surface area contributed by atoms with Crippen LogP contribution in [0, 0.1) is 5.82 Å². The second kappa shape index (κ2) is 5.16. The maximum atomic E-state index is 13.7. The normalized spacial score (nSPS) is 10.1. The van der Waals surface area contributed by atoms with Gasteiger partial charge in [0.1, 0.15) is 16.6 Å². The standard InChI is InChI=1S/C11H12ClFO3/c1-6(14)4-7-5-8(15-2)11(16-3)9(12)10(7)13/h5H,4H2,1-3H3. The van der Waals surface area contributed by atoms with Crippen molar-refractivity contribution in [2.24, 2.45) is 0 Å². The molecule has 5 heteroatoms. The first-order chi connectivity index (χ1) is 7.51. The van der Waals surface area contributed by atoms with Gasteiger partial charge in [0.2, 0.25) is 0 Å². The number of hydrogen-bond acceptors (Lipinski definition) is 3. The van der Waals surface area contributed by atoms with Gasteiger partial charge in [0.05, 0.1) is 14.2 Å². The number of benzene rings is 1. The molecule has 3 nitrogen and oxygen atoms in total. The van der Waals surface area contributed by atoms with Crippen molar-refractivity contribution in [1.29, 1.82) is 0 Å². The van der Waals surface area contributed by atoms with Gasteiger partial charge in [0.15, 0.2) is 11.5 Å². The molecule has 0 spiro atoms. The maximum absolute atomic E-state index is 13.7. The van der Waals surface area contributed by atoms with Crippen LogP contribution in [0.3, 0.4) is 0 Å². The van der Waals surface area contributed by atoms with Crippen LogP contribution in [0.2, 0.25) is 5.02 Å². The molecular formula is C11H12ClFO3. The van der Waals surface area contributed by atoms with Gasteiger partial charge >= 0.3 is 0 Å². The summed E-state index contributed by atoms with van der Waals surface area (Å²) in [4.78, 5) is 10.9. The van der Waals surface area contributed by atoms with E-state index in [4.69, 9.17) is 21.1 Å². The number of hydrogen-bond donors (Lipinski definition) is 0. The monoisotopic (exact) mass is 246 g/mol. The molecule has 0 amide bonds. The van der Waals surface area contributed by atoms with Crippen LogP contribution in [0.1, 0.15) is 12.5 Å². The van der Waals surface area contributed by atoms with Crippen LogP contribution in [0.5, 0.6) is 11.5 Å². The Balaban J connectivity index is 3.32. The van der Waals surface area contributed by atoms with E-state index < -0.39 is 5.82 Å². The summed E-state index contributed by atoms with van der Waals surface area (Å²) in [6, 6.07) is 1.42. The van der Waals surface area contributed by atoms with Crippen molar-refractivity contribution >= 4 is 17.4 Å². The molecule has 0 aliphatic rings. The third-order valence-electron chi connectivity index (χ3n) is 2.07. The molecule has 0 heterocycles. The van der Waals surface area contributed by atoms with Crippen molar-refractivity contribution in [3.63, 3.8) is 0 Å². The van der Waals surface area contributed by atoms with Crippen molar-refractivity contribution < 1.29 is 18.7 Å². The van der Waals surface area contributed by atoms with E-state index in [1.165, 1.54) is 27.2 Å². The zero-order valence-electron chi connectivity index (χ0n) is 9.27. The number of rotatable bonds is 4. The second-order valence-electron chi connectivity index (χ2n) is 3.28. The number of carbonyl (C=O) groups excluding carboxylic acids is 1. The molecular weight excluding hydrogens is 235 g/mol. The summed E-state index contributed by atoms with van der Waals surface area (Å²) in [5.74, 6) is -0.351. The minimum Gasteiger partial charge on any atom is -0.493 e. The van der Waals surface area contributed by atoms with Crippen molar-refractivity contribution in [1.82, 2.24) is 0 Å². The van der Waals surface area contributed by atoms with Crippen LogP contribution >= 0.6 is 11.6 Å². The topological polar surface area (TPSA) is 35.5 Å². The van der Waals surface area contributed by atoms with Crippen molar-refractivity contribution in [2.45, 2.75) is 13.3 Å². The molecule has 0 saturated heterocycles. The quantitative estimate of drug-likeness (QED) is 0.819. The number of carbonyl (C=O) groups is 1. The SMILES string of the molecule is COc1cc(CC(C)=O)c(F)c(Cl)c1OC. The maximum Gasteiger partial charge on any atom is 0.182 e. The Labute approximate surface area is 98.1 Å². The van der Waals surface area contributed by atoms with E-state index in [-0.39, 0.29) is 28.5 Å². The minimum absolute atomic E-state index is 0.0219. The number of Topliss-reactive ketones (excluding diaryl/α,β-unsaturated/α-hetero) is 1. The molecule has 1 rings (SSSR count). The first-order valence-corrected chi connectivity index (χ1v) is 4.97. The zero-order valence-corrected chi connectivity index (χ0v) is 10.0. The van der Waals surface area contributed by atoms with Gasteiger partial charge < -0.3 is 9.47 Å². The Morgan fingerprint density at radius 1 is 1.44 bits per heavy atom. The highest BCUT2D eigenvalue weighted by atomic mass is 35.5. The molecule has 0 radical (unpaired) electrons. The smallest absolute Gasteiger partial charge is 0.182 e. The molecule has 0 N–H and O–H groups in total. The highest BCUT2D eigenvalue weighted by Crippen LogP contribution is 2.38. The lowest BCUT2D eigenvalue weighted by atomic mass is 10.1. The van der Waals surface area contributed by atoms with Crippen LogP contribution in [0.15, 0.2) is 6.07 Å². The molecule has 0 bridgehead atoms. The third kappa shape index (κ3) is 2.44. The summed E-state index contributed by atoms with van der Waals surface area (Å²) in [7, 11) is 2.79. The van der Waals surface area contributed by atoms with Crippen LogP contribution in [-0.4, -0.2) is 20.0 Å². The summed E-state index contributed by atoms with van der Waals surface area (Å²) < 4.78 is 23.6. The predicted octanol–water partition coefficient (Wildman–Crippen LogP) is 2.63. The van der Waals surface area contributed by atoms with E-state index in [0.29, 0.717) is 5.75 Å². The molecule has 1 aromatic rings. The highest BCUT2D eigenvalue weighted by molar-refractivity contribution is 6.32. The van der Waals surface area contributed by atoms with E-state index in [1.807, 2.05) is 0 Å². The molecule has 0 atom stereocenters. The first kappa shape index (κ1) is 12.8. The van der Waals surface area contributed by atoms with Gasteiger partial charge in [-0.25, -0.2) is 4.39 Å². The van der Waals surface area contributed by atoms with Crippen LogP contribution in [-0.2, 0) is 11.2 Å². The molecule has 0 fully saturated rings. The van der Waals surface area contributed by atoms with E-state index >= 15 is 0 Å². The second-order valence-corrected chi connectivity index (χ2v) is 3.66. The van der Waals surface area contributed by atoms with E-state index in [1.54, 1.807) is 0 Å². The molecule has 88 valence electrons. The largest absolute Gasteiger partial charge is 0.493 e.